The Hall–Kier alpha value is -2.70. The zero-order valence-electron chi connectivity index (χ0n) is 13.9. The smallest absolute Gasteiger partial charge is 0.331 e. The second-order valence-electron chi connectivity index (χ2n) is 5.47. The highest BCUT2D eigenvalue weighted by atomic mass is 35.5. The van der Waals surface area contributed by atoms with Crippen molar-refractivity contribution in [1.82, 2.24) is 4.98 Å². The molecule has 0 saturated heterocycles. The molecule has 5 nitrogen and oxygen atoms in total. The average molecular weight is 387 g/mol. The first-order valence-electron chi connectivity index (χ1n) is 7.78. The summed E-state index contributed by atoms with van der Waals surface area (Å²) in [5.41, 5.74) is 2.33. The molecule has 0 radical (unpaired) electrons. The number of carbonyl (C=O) groups is 2. The molecule has 0 unspecified atom stereocenters. The summed E-state index contributed by atoms with van der Waals surface area (Å²) in [6, 6.07) is 12.9. The number of anilines is 1. The Bertz CT molecular complexity index is 964. The normalized spacial score (nSPS) is 11.0. The van der Waals surface area contributed by atoms with E-state index < -0.39 is 11.9 Å². The fourth-order valence-electron chi connectivity index (χ4n) is 2.20. The van der Waals surface area contributed by atoms with Crippen molar-refractivity contribution in [3.8, 4) is 0 Å². The number of ether oxygens (including phenoxy) is 1. The minimum Gasteiger partial charge on any atom is -0.452 e. The molecule has 0 bridgehead atoms. The summed E-state index contributed by atoms with van der Waals surface area (Å²) in [7, 11) is 0. The summed E-state index contributed by atoms with van der Waals surface area (Å²) in [6.45, 7) is 1.47. The maximum absolute atomic E-state index is 11.9. The maximum Gasteiger partial charge on any atom is 0.331 e. The lowest BCUT2D eigenvalue weighted by atomic mass is 10.2. The van der Waals surface area contributed by atoms with Crippen LogP contribution in [0.25, 0.3) is 16.3 Å². The van der Waals surface area contributed by atoms with Crippen LogP contribution in [0.1, 0.15) is 10.6 Å². The van der Waals surface area contributed by atoms with Gasteiger partial charge in [-0.25, -0.2) is 9.78 Å². The molecule has 0 saturated carbocycles. The largest absolute Gasteiger partial charge is 0.452 e. The summed E-state index contributed by atoms with van der Waals surface area (Å²) in [4.78, 5) is 28.1. The van der Waals surface area contributed by atoms with Crippen LogP contribution in [0.4, 0.5) is 5.69 Å². The van der Waals surface area contributed by atoms with E-state index in [1.807, 2.05) is 31.2 Å². The van der Waals surface area contributed by atoms with E-state index in [2.05, 4.69) is 10.3 Å². The van der Waals surface area contributed by atoms with Crippen molar-refractivity contribution < 1.29 is 14.3 Å². The van der Waals surface area contributed by atoms with Crippen LogP contribution in [0.3, 0.4) is 0 Å². The molecule has 0 spiro atoms. The third kappa shape index (κ3) is 4.68. The minimum atomic E-state index is -0.609. The average Bonchev–Trinajstić information content (AvgIpc) is 3.04. The molecule has 2 aromatic carbocycles. The third-order valence-corrected chi connectivity index (χ3v) is 4.73. The highest BCUT2D eigenvalue weighted by molar-refractivity contribution is 7.19. The van der Waals surface area contributed by atoms with Crippen molar-refractivity contribution in [2.75, 3.05) is 11.9 Å². The van der Waals surface area contributed by atoms with Crippen molar-refractivity contribution in [3.05, 3.63) is 64.1 Å². The number of nitrogens with one attached hydrogen (secondary N) is 1. The number of halogens is 1. The molecule has 1 heterocycles. The maximum atomic E-state index is 11.9. The van der Waals surface area contributed by atoms with Gasteiger partial charge in [-0.15, -0.1) is 11.3 Å². The Morgan fingerprint density at radius 2 is 2.08 bits per heavy atom. The summed E-state index contributed by atoms with van der Waals surface area (Å²) in [6.07, 6.45) is 2.83. The molecule has 1 aromatic heterocycles. The van der Waals surface area contributed by atoms with E-state index in [0.717, 1.165) is 15.8 Å². The third-order valence-electron chi connectivity index (χ3n) is 3.49. The number of hydrogen-bond donors (Lipinski definition) is 1. The first-order valence-corrected chi connectivity index (χ1v) is 8.97. The lowest BCUT2D eigenvalue weighted by molar-refractivity contribution is -0.142. The number of esters is 1. The second-order valence-corrected chi connectivity index (χ2v) is 6.97. The number of para-hydroxylation sites is 1. The topological polar surface area (TPSA) is 68.3 Å². The number of aryl methyl sites for hydroxylation is 1. The van der Waals surface area contributed by atoms with E-state index in [1.165, 1.54) is 17.4 Å². The number of carbonyl (C=O) groups excluding carboxylic acids is 2. The number of hydrogen-bond acceptors (Lipinski definition) is 5. The van der Waals surface area contributed by atoms with E-state index in [-0.39, 0.29) is 6.61 Å². The van der Waals surface area contributed by atoms with Gasteiger partial charge in [0.15, 0.2) is 6.61 Å². The van der Waals surface area contributed by atoms with Gasteiger partial charge in [-0.05, 0) is 42.8 Å². The van der Waals surface area contributed by atoms with Gasteiger partial charge in [0, 0.05) is 16.8 Å². The van der Waals surface area contributed by atoms with Crippen LogP contribution in [-0.2, 0) is 14.3 Å². The number of amides is 1. The lowest BCUT2D eigenvalue weighted by Gasteiger charge is -2.08. The molecule has 0 aliphatic rings. The Morgan fingerprint density at radius 3 is 2.88 bits per heavy atom. The van der Waals surface area contributed by atoms with Crippen LogP contribution in [0.5, 0.6) is 0 Å². The molecule has 1 N–H and O–H groups in total. The monoisotopic (exact) mass is 386 g/mol. The number of benzene rings is 2. The zero-order chi connectivity index (χ0) is 18.5. The van der Waals surface area contributed by atoms with Gasteiger partial charge in [0.2, 0.25) is 0 Å². The van der Waals surface area contributed by atoms with Crippen LogP contribution in [0, 0.1) is 6.92 Å². The van der Waals surface area contributed by atoms with Crippen molar-refractivity contribution in [2.24, 2.45) is 0 Å². The van der Waals surface area contributed by atoms with Gasteiger partial charge in [-0.1, -0.05) is 29.8 Å². The van der Waals surface area contributed by atoms with E-state index in [9.17, 15) is 9.59 Å². The fraction of sp³-hybridized carbons (Fsp3) is 0.105. The molecular formula is C19H15ClN2O3S. The molecule has 132 valence electrons. The number of fused-ring (bicyclic) bond motifs is 1. The highest BCUT2D eigenvalue weighted by Crippen LogP contribution is 2.22. The Kier molecular flexibility index (Phi) is 5.65. The van der Waals surface area contributed by atoms with Gasteiger partial charge < -0.3 is 10.1 Å². The first kappa shape index (κ1) is 18.1. The van der Waals surface area contributed by atoms with E-state index >= 15 is 0 Å². The summed E-state index contributed by atoms with van der Waals surface area (Å²) < 4.78 is 5.99. The molecule has 3 rings (SSSR count). The quantitative estimate of drug-likeness (QED) is 0.519. The minimum absolute atomic E-state index is 0.380. The van der Waals surface area contributed by atoms with Gasteiger partial charge in [0.05, 0.1) is 10.2 Å². The van der Waals surface area contributed by atoms with E-state index in [4.69, 9.17) is 16.3 Å². The molecule has 7 heteroatoms. The predicted octanol–water partition coefficient (Wildman–Crippen LogP) is 4.45. The Morgan fingerprint density at radius 1 is 1.27 bits per heavy atom. The van der Waals surface area contributed by atoms with Gasteiger partial charge in [0.25, 0.3) is 5.91 Å². The summed E-state index contributed by atoms with van der Waals surface area (Å²) in [5.74, 6) is -1.04. The van der Waals surface area contributed by atoms with Crippen LogP contribution >= 0.6 is 22.9 Å². The van der Waals surface area contributed by atoms with Crippen molar-refractivity contribution in [3.63, 3.8) is 0 Å². The molecule has 1 amide bonds. The van der Waals surface area contributed by atoms with Crippen LogP contribution in [0.2, 0.25) is 5.02 Å². The standard InChI is InChI=1S/C19H15ClN2O3S/c1-12-6-7-13(20)10-15(12)21-17(23)11-25-19(24)9-8-18-22-14-4-2-3-5-16(14)26-18/h2-10H,11H2,1H3,(H,21,23)/b9-8+. The van der Waals surface area contributed by atoms with Gasteiger partial charge in [-0.2, -0.15) is 0 Å². The van der Waals surface area contributed by atoms with Crippen molar-refractivity contribution >= 4 is 56.8 Å². The lowest BCUT2D eigenvalue weighted by Crippen LogP contribution is -2.20. The number of nitrogens with zero attached hydrogens (tertiary/aromatic N) is 1. The molecule has 0 atom stereocenters. The zero-order valence-corrected chi connectivity index (χ0v) is 15.4. The van der Waals surface area contributed by atoms with E-state index in [1.54, 1.807) is 24.3 Å². The fourth-order valence-corrected chi connectivity index (χ4v) is 3.24. The number of aromatic nitrogens is 1. The number of rotatable bonds is 5. The Labute approximate surface area is 159 Å². The summed E-state index contributed by atoms with van der Waals surface area (Å²) >= 11 is 7.38. The first-order chi connectivity index (χ1) is 12.5. The summed E-state index contributed by atoms with van der Waals surface area (Å²) in [5, 5.41) is 3.87. The highest BCUT2D eigenvalue weighted by Gasteiger charge is 2.08. The number of thiazole rings is 1. The Balaban J connectivity index is 1.53. The molecule has 0 fully saturated rings. The van der Waals surface area contributed by atoms with Gasteiger partial charge >= 0.3 is 5.97 Å². The SMILES string of the molecule is Cc1ccc(Cl)cc1NC(=O)COC(=O)/C=C/c1nc2ccccc2s1. The molecule has 0 aliphatic carbocycles. The molecule has 3 aromatic rings. The molecule has 0 aliphatic heterocycles. The van der Waals surface area contributed by atoms with Gasteiger partial charge in [0.1, 0.15) is 5.01 Å². The second kappa shape index (κ2) is 8.12. The van der Waals surface area contributed by atoms with Crippen molar-refractivity contribution in [1.29, 1.82) is 0 Å². The molecular weight excluding hydrogens is 372 g/mol. The van der Waals surface area contributed by atoms with Gasteiger partial charge in [-0.3, -0.25) is 4.79 Å². The van der Waals surface area contributed by atoms with Crippen molar-refractivity contribution in [2.45, 2.75) is 6.92 Å². The predicted molar refractivity (Wildman–Crippen MR) is 104 cm³/mol. The van der Waals surface area contributed by atoms with Crippen LogP contribution in [0.15, 0.2) is 48.5 Å². The molecule has 26 heavy (non-hydrogen) atoms. The van der Waals surface area contributed by atoms with Crippen LogP contribution in [-0.4, -0.2) is 23.5 Å². The van der Waals surface area contributed by atoms with Crippen LogP contribution < -0.4 is 5.32 Å². The van der Waals surface area contributed by atoms with E-state index in [0.29, 0.717) is 15.7 Å².